The SMILES string of the molecule is Cc1cc[n+](C)cc1.O=S(=O)([O-])C(F)(F)F. The van der Waals surface area contributed by atoms with Gasteiger partial charge in [-0.1, -0.05) is 0 Å². The zero-order chi connectivity index (χ0) is 13.0. The molecule has 92 valence electrons. The van der Waals surface area contributed by atoms with Gasteiger partial charge in [0.1, 0.15) is 7.05 Å². The summed E-state index contributed by atoms with van der Waals surface area (Å²) in [6, 6.07) is 4.17. The lowest BCUT2D eigenvalue weighted by Gasteiger charge is -2.08. The van der Waals surface area contributed by atoms with Gasteiger partial charge in [0, 0.05) is 12.1 Å². The number of halogens is 3. The first-order chi connectivity index (χ1) is 7.04. The molecule has 0 saturated heterocycles. The van der Waals surface area contributed by atoms with Crippen LogP contribution in [-0.2, 0) is 17.2 Å². The second-order valence-corrected chi connectivity index (χ2v) is 4.31. The van der Waals surface area contributed by atoms with E-state index in [1.807, 2.05) is 24.0 Å². The highest BCUT2D eigenvalue weighted by Gasteiger charge is 2.36. The number of alkyl halides is 3. The molecule has 0 radical (unpaired) electrons. The Kier molecular flexibility index (Phi) is 4.88. The largest absolute Gasteiger partial charge is 0.741 e. The van der Waals surface area contributed by atoms with Crippen molar-refractivity contribution < 1.29 is 30.7 Å². The second-order valence-electron chi connectivity index (χ2n) is 2.94. The maximum atomic E-state index is 10.7. The summed E-state index contributed by atoms with van der Waals surface area (Å²) in [5, 5.41) is 0. The van der Waals surface area contributed by atoms with Crippen LogP contribution in [0.25, 0.3) is 0 Å². The quantitative estimate of drug-likeness (QED) is 0.393. The third-order valence-electron chi connectivity index (χ3n) is 1.43. The van der Waals surface area contributed by atoms with Crippen LogP contribution in [0.3, 0.4) is 0 Å². The molecule has 0 spiro atoms. The second kappa shape index (κ2) is 5.26. The number of pyridine rings is 1. The van der Waals surface area contributed by atoms with Gasteiger partial charge in [0.05, 0.1) is 0 Å². The number of nitrogens with zero attached hydrogens (tertiary/aromatic N) is 1. The highest BCUT2D eigenvalue weighted by atomic mass is 32.2. The van der Waals surface area contributed by atoms with Crippen LogP contribution in [0.4, 0.5) is 13.2 Å². The van der Waals surface area contributed by atoms with E-state index in [1.165, 1.54) is 5.56 Å². The first kappa shape index (κ1) is 14.8. The van der Waals surface area contributed by atoms with Crippen LogP contribution in [0.15, 0.2) is 24.5 Å². The molecule has 0 amide bonds. The van der Waals surface area contributed by atoms with E-state index in [1.54, 1.807) is 0 Å². The van der Waals surface area contributed by atoms with Crippen LogP contribution in [0.1, 0.15) is 5.56 Å². The fraction of sp³-hybridized carbons (Fsp3) is 0.375. The molecule has 4 nitrogen and oxygen atoms in total. The standard InChI is InChI=1S/C7H10N.CHF3O3S/c1-7-3-5-8(2)6-4-7;2-1(3,4)8(5,6)7/h3-6H,1-2H3;(H,5,6,7)/q+1;/p-1. The maximum absolute atomic E-state index is 10.7. The third kappa shape index (κ3) is 5.66. The van der Waals surface area contributed by atoms with Crippen LogP contribution in [-0.4, -0.2) is 18.5 Å². The molecule has 8 heteroatoms. The molecule has 0 aliphatic carbocycles. The molecule has 0 aliphatic rings. The van der Waals surface area contributed by atoms with Crippen molar-refractivity contribution in [1.29, 1.82) is 0 Å². The Balaban J connectivity index is 0.000000281. The van der Waals surface area contributed by atoms with E-state index < -0.39 is 15.6 Å². The monoisotopic (exact) mass is 257 g/mol. The summed E-state index contributed by atoms with van der Waals surface area (Å²) in [6.07, 6.45) is 4.07. The predicted octanol–water partition coefficient (Wildman–Crippen LogP) is 0.871. The minimum Gasteiger partial charge on any atom is -0.741 e. The number of hydrogen-bond donors (Lipinski definition) is 0. The highest BCUT2D eigenvalue weighted by molar-refractivity contribution is 7.86. The summed E-state index contributed by atoms with van der Waals surface area (Å²) >= 11 is 0. The van der Waals surface area contributed by atoms with Crippen molar-refractivity contribution in [2.24, 2.45) is 7.05 Å². The van der Waals surface area contributed by atoms with Gasteiger partial charge in [-0.05, 0) is 12.5 Å². The summed E-state index contributed by atoms with van der Waals surface area (Å²) in [6.45, 7) is 2.08. The summed E-state index contributed by atoms with van der Waals surface area (Å²) in [7, 11) is -4.08. The maximum Gasteiger partial charge on any atom is 0.485 e. The number of rotatable bonds is 0. The smallest absolute Gasteiger partial charge is 0.485 e. The van der Waals surface area contributed by atoms with Gasteiger partial charge < -0.3 is 4.55 Å². The van der Waals surface area contributed by atoms with Gasteiger partial charge in [0.25, 0.3) is 0 Å². The minimum absolute atomic E-state index is 1.31. The van der Waals surface area contributed by atoms with Gasteiger partial charge in [-0.3, -0.25) is 0 Å². The highest BCUT2D eigenvalue weighted by Crippen LogP contribution is 2.20. The van der Waals surface area contributed by atoms with Gasteiger partial charge in [-0.2, -0.15) is 13.2 Å². The fourth-order valence-electron chi connectivity index (χ4n) is 0.576. The molecule has 0 atom stereocenters. The van der Waals surface area contributed by atoms with Crippen molar-refractivity contribution in [2.45, 2.75) is 12.4 Å². The molecule has 1 aromatic rings. The summed E-state index contributed by atoms with van der Waals surface area (Å²) in [4.78, 5) is 0. The van der Waals surface area contributed by atoms with Crippen LogP contribution < -0.4 is 4.57 Å². The normalized spacial score (nSPS) is 11.6. The molecule has 16 heavy (non-hydrogen) atoms. The molecule has 0 N–H and O–H groups in total. The molecule has 0 bridgehead atoms. The molecule has 0 aromatic carbocycles. The Bertz CT molecular complexity index is 404. The lowest BCUT2D eigenvalue weighted by atomic mass is 10.3. The van der Waals surface area contributed by atoms with E-state index in [0.717, 1.165) is 0 Å². The Labute approximate surface area is 91.1 Å². The molecule has 0 aliphatic heterocycles. The zero-order valence-electron chi connectivity index (χ0n) is 8.52. The van der Waals surface area contributed by atoms with Crippen molar-refractivity contribution in [3.05, 3.63) is 30.1 Å². The van der Waals surface area contributed by atoms with E-state index in [0.29, 0.717) is 0 Å². The van der Waals surface area contributed by atoms with Gasteiger partial charge in [-0.15, -0.1) is 0 Å². The lowest BCUT2D eigenvalue weighted by molar-refractivity contribution is -0.671. The number of aromatic nitrogens is 1. The van der Waals surface area contributed by atoms with Crippen LogP contribution in [0, 0.1) is 6.92 Å². The van der Waals surface area contributed by atoms with Gasteiger partial charge in [-0.25, -0.2) is 13.0 Å². The Morgan fingerprint density at radius 3 is 1.75 bits per heavy atom. The lowest BCUT2D eigenvalue weighted by Crippen LogP contribution is -2.25. The predicted molar refractivity (Wildman–Crippen MR) is 48.1 cm³/mol. The van der Waals surface area contributed by atoms with E-state index in [4.69, 9.17) is 13.0 Å². The Morgan fingerprint density at radius 2 is 1.56 bits per heavy atom. The van der Waals surface area contributed by atoms with Gasteiger partial charge in [0.15, 0.2) is 22.5 Å². The van der Waals surface area contributed by atoms with E-state index >= 15 is 0 Å². The first-order valence-corrected chi connectivity index (χ1v) is 5.39. The molecule has 0 saturated carbocycles. The van der Waals surface area contributed by atoms with Crippen LogP contribution in [0.2, 0.25) is 0 Å². The number of hydrogen-bond acceptors (Lipinski definition) is 3. The average Bonchev–Trinajstić information content (AvgIpc) is 2.08. The summed E-state index contributed by atoms with van der Waals surface area (Å²) < 4.78 is 60.9. The van der Waals surface area contributed by atoms with Gasteiger partial charge in [0.2, 0.25) is 0 Å². The Morgan fingerprint density at radius 1 is 1.25 bits per heavy atom. The molecule has 0 fully saturated rings. The van der Waals surface area contributed by atoms with Crippen LogP contribution in [0.5, 0.6) is 0 Å². The molecular weight excluding hydrogens is 247 g/mol. The van der Waals surface area contributed by atoms with Gasteiger partial charge >= 0.3 is 5.51 Å². The summed E-state index contributed by atoms with van der Waals surface area (Å²) in [5.41, 5.74) is -4.34. The van der Waals surface area contributed by atoms with E-state index in [2.05, 4.69) is 19.1 Å². The van der Waals surface area contributed by atoms with E-state index in [-0.39, 0.29) is 0 Å². The molecule has 1 aromatic heterocycles. The van der Waals surface area contributed by atoms with Crippen molar-refractivity contribution >= 4 is 10.1 Å². The average molecular weight is 257 g/mol. The molecule has 1 heterocycles. The summed E-state index contributed by atoms with van der Waals surface area (Å²) in [5.74, 6) is 0. The Hall–Kier alpha value is -1.15. The van der Waals surface area contributed by atoms with E-state index in [9.17, 15) is 13.2 Å². The topological polar surface area (TPSA) is 61.1 Å². The molecule has 1 rings (SSSR count). The third-order valence-corrected chi connectivity index (χ3v) is 2.00. The zero-order valence-corrected chi connectivity index (χ0v) is 9.34. The minimum atomic E-state index is -6.09. The van der Waals surface area contributed by atoms with Crippen molar-refractivity contribution in [2.75, 3.05) is 0 Å². The number of aryl methyl sites for hydroxylation is 2. The van der Waals surface area contributed by atoms with Crippen molar-refractivity contribution in [1.82, 2.24) is 0 Å². The van der Waals surface area contributed by atoms with Crippen molar-refractivity contribution in [3.63, 3.8) is 0 Å². The molecular formula is C8H10F3NO3S. The van der Waals surface area contributed by atoms with Crippen molar-refractivity contribution in [3.8, 4) is 0 Å². The fourth-order valence-corrected chi connectivity index (χ4v) is 0.576. The van der Waals surface area contributed by atoms with Crippen LogP contribution >= 0.6 is 0 Å². The first-order valence-electron chi connectivity index (χ1n) is 3.98. The molecule has 0 unspecified atom stereocenters.